The molecule has 4 N–H and O–H groups in total. The van der Waals surface area contributed by atoms with Crippen molar-refractivity contribution in [3.63, 3.8) is 0 Å². The number of carbonyl (C=O) groups is 2. The maximum absolute atomic E-state index is 12.1. The number of hydrogen-bond acceptors (Lipinski definition) is 6. The number of nitrogens with zero attached hydrogens (tertiary/aromatic N) is 1. The van der Waals surface area contributed by atoms with E-state index in [0.29, 0.717) is 23.0 Å². The van der Waals surface area contributed by atoms with Crippen LogP contribution in [0.1, 0.15) is 33.9 Å². The topological polar surface area (TPSA) is 98.7 Å². The predicted octanol–water partition coefficient (Wildman–Crippen LogP) is 1.35. The van der Waals surface area contributed by atoms with E-state index >= 15 is 0 Å². The molecule has 0 spiro atoms. The number of hydrogen-bond donors (Lipinski definition) is 2. The van der Waals surface area contributed by atoms with Crippen molar-refractivity contribution in [1.29, 1.82) is 0 Å². The molecule has 0 aliphatic carbocycles. The lowest BCUT2D eigenvalue weighted by atomic mass is 10.1. The van der Waals surface area contributed by atoms with E-state index in [4.69, 9.17) is 16.2 Å². The Bertz CT molecular complexity index is 511. The lowest BCUT2D eigenvalue weighted by molar-refractivity contribution is 0.0944. The van der Waals surface area contributed by atoms with Gasteiger partial charge in [-0.05, 0) is 0 Å². The van der Waals surface area contributed by atoms with Crippen LogP contribution >= 0.6 is 11.3 Å². The van der Waals surface area contributed by atoms with Crippen LogP contribution in [0.3, 0.4) is 0 Å². The van der Waals surface area contributed by atoms with Crippen LogP contribution < -0.4 is 16.4 Å². The van der Waals surface area contributed by atoms with Gasteiger partial charge in [0.25, 0.3) is 5.91 Å². The minimum absolute atomic E-state index is 0.0820. The number of ether oxygens (including phenoxy) is 1. The first-order valence-electron chi connectivity index (χ1n) is 6.27. The van der Waals surface area contributed by atoms with Crippen molar-refractivity contribution >= 4 is 33.7 Å². The molecule has 0 bridgehead atoms. The van der Waals surface area contributed by atoms with Crippen molar-refractivity contribution in [2.45, 2.75) is 13.8 Å². The Labute approximate surface area is 122 Å². The molecule has 0 aliphatic rings. The van der Waals surface area contributed by atoms with Gasteiger partial charge >= 0.3 is 0 Å². The third kappa shape index (κ3) is 3.29. The van der Waals surface area contributed by atoms with Gasteiger partial charge in [-0.15, -0.1) is 11.3 Å². The largest absolute Gasteiger partial charge is 0.397 e. The highest BCUT2D eigenvalue weighted by atomic mass is 32.1. The predicted molar refractivity (Wildman–Crippen MR) is 81.6 cm³/mol. The van der Waals surface area contributed by atoms with Crippen molar-refractivity contribution in [1.82, 2.24) is 0 Å². The molecule has 6 nitrogen and oxygen atoms in total. The fraction of sp³-hybridized carbons (Fsp3) is 0.538. The standard InChI is InChI=1S/C13H21N3O3S/c1-7(2)10(17)11-9(14)8(12(15)18)13(20-11)16(3)5-6-19-4/h7H,5-6,14H2,1-4H3,(H2,15,18). The van der Waals surface area contributed by atoms with Gasteiger partial charge in [-0.2, -0.15) is 0 Å². The molecule has 1 rings (SSSR count). The van der Waals surface area contributed by atoms with E-state index in [1.54, 1.807) is 28.0 Å². The van der Waals surface area contributed by atoms with Crippen molar-refractivity contribution in [2.24, 2.45) is 11.7 Å². The Morgan fingerprint density at radius 1 is 1.40 bits per heavy atom. The molecule has 0 atom stereocenters. The van der Waals surface area contributed by atoms with Crippen molar-refractivity contribution in [2.75, 3.05) is 37.9 Å². The molecular formula is C13H21N3O3S. The summed E-state index contributed by atoms with van der Waals surface area (Å²) in [6.07, 6.45) is 0. The van der Waals surface area contributed by atoms with E-state index in [2.05, 4.69) is 0 Å². The quantitative estimate of drug-likeness (QED) is 0.740. The summed E-state index contributed by atoms with van der Waals surface area (Å²) in [7, 11) is 3.40. The number of thiophene rings is 1. The first-order valence-corrected chi connectivity index (χ1v) is 7.09. The molecule has 1 aromatic heterocycles. The zero-order valence-electron chi connectivity index (χ0n) is 12.2. The van der Waals surface area contributed by atoms with Gasteiger partial charge in [0.2, 0.25) is 0 Å². The number of likely N-dealkylation sites (N-methyl/N-ethyl adjacent to an activating group) is 1. The third-order valence-electron chi connectivity index (χ3n) is 2.90. The van der Waals surface area contributed by atoms with Crippen LogP contribution in [0.2, 0.25) is 0 Å². The number of methoxy groups -OCH3 is 1. The number of carbonyl (C=O) groups excluding carboxylic acids is 2. The first kappa shape index (κ1) is 16.5. The van der Waals surface area contributed by atoms with Crippen molar-refractivity contribution < 1.29 is 14.3 Å². The second-order valence-electron chi connectivity index (χ2n) is 4.82. The average molecular weight is 299 g/mol. The van der Waals surface area contributed by atoms with Crippen LogP contribution in [0.15, 0.2) is 0 Å². The molecule has 0 aliphatic heterocycles. The summed E-state index contributed by atoms with van der Waals surface area (Å²) in [5.74, 6) is -0.893. The van der Waals surface area contributed by atoms with Crippen LogP contribution in [-0.4, -0.2) is 39.0 Å². The third-order valence-corrected chi connectivity index (χ3v) is 4.23. The van der Waals surface area contributed by atoms with Crippen LogP contribution in [0, 0.1) is 5.92 Å². The summed E-state index contributed by atoms with van der Waals surface area (Å²) in [5.41, 5.74) is 11.7. The molecule has 20 heavy (non-hydrogen) atoms. The van der Waals surface area contributed by atoms with Crippen LogP contribution in [0.5, 0.6) is 0 Å². The number of nitrogen functional groups attached to an aromatic ring is 1. The number of amides is 1. The smallest absolute Gasteiger partial charge is 0.253 e. The second-order valence-corrected chi connectivity index (χ2v) is 5.82. The lowest BCUT2D eigenvalue weighted by Gasteiger charge is -2.17. The van der Waals surface area contributed by atoms with Gasteiger partial charge in [-0.25, -0.2) is 0 Å². The first-order chi connectivity index (χ1) is 9.31. The lowest BCUT2D eigenvalue weighted by Crippen LogP contribution is -2.24. The number of Topliss-reactive ketones (excluding diaryl/α,β-unsaturated/α-hetero) is 1. The zero-order valence-corrected chi connectivity index (χ0v) is 13.0. The molecule has 0 saturated carbocycles. The Kier molecular flexibility index (Phi) is 5.52. The molecule has 0 saturated heterocycles. The van der Waals surface area contributed by atoms with E-state index in [1.165, 1.54) is 11.3 Å². The number of ketones is 1. The van der Waals surface area contributed by atoms with Crippen LogP contribution in [-0.2, 0) is 4.74 Å². The SMILES string of the molecule is COCCN(C)c1sc(C(=O)C(C)C)c(N)c1C(N)=O. The number of anilines is 2. The molecule has 1 amide bonds. The molecule has 0 radical (unpaired) electrons. The van der Waals surface area contributed by atoms with E-state index in [0.717, 1.165) is 0 Å². The van der Waals surface area contributed by atoms with E-state index in [1.807, 2.05) is 4.90 Å². The summed E-state index contributed by atoms with van der Waals surface area (Å²) in [5, 5.41) is 0.607. The molecule has 112 valence electrons. The fourth-order valence-electron chi connectivity index (χ4n) is 1.71. The fourth-order valence-corrected chi connectivity index (χ4v) is 3.01. The summed E-state index contributed by atoms with van der Waals surface area (Å²) < 4.78 is 5.01. The summed E-state index contributed by atoms with van der Waals surface area (Å²) in [4.78, 5) is 25.9. The normalized spacial score (nSPS) is 10.8. The molecule has 0 aromatic carbocycles. The molecular weight excluding hydrogens is 278 g/mol. The maximum atomic E-state index is 12.1. The Balaban J connectivity index is 3.26. The molecule has 0 unspecified atom stereocenters. The molecule has 1 aromatic rings. The van der Waals surface area contributed by atoms with Gasteiger partial charge < -0.3 is 21.1 Å². The molecule has 1 heterocycles. The maximum Gasteiger partial charge on any atom is 0.253 e. The summed E-state index contributed by atoms with van der Waals surface area (Å²) in [6.45, 7) is 4.66. The highest BCUT2D eigenvalue weighted by molar-refractivity contribution is 7.19. The van der Waals surface area contributed by atoms with Crippen molar-refractivity contribution in [3.05, 3.63) is 10.4 Å². The van der Waals surface area contributed by atoms with Gasteiger partial charge in [-0.3, -0.25) is 9.59 Å². The van der Waals surface area contributed by atoms with Crippen LogP contribution in [0.4, 0.5) is 10.7 Å². The van der Waals surface area contributed by atoms with E-state index in [-0.39, 0.29) is 23.0 Å². The van der Waals surface area contributed by atoms with E-state index < -0.39 is 5.91 Å². The minimum atomic E-state index is -0.624. The monoisotopic (exact) mass is 299 g/mol. The average Bonchev–Trinajstić information content (AvgIpc) is 2.72. The van der Waals surface area contributed by atoms with Gasteiger partial charge in [0.05, 0.1) is 22.7 Å². The highest BCUT2D eigenvalue weighted by Crippen LogP contribution is 2.38. The van der Waals surface area contributed by atoms with Crippen LogP contribution in [0.25, 0.3) is 0 Å². The number of rotatable bonds is 7. The van der Waals surface area contributed by atoms with Gasteiger partial charge in [0.1, 0.15) is 5.00 Å². The van der Waals surface area contributed by atoms with Gasteiger partial charge in [-0.1, -0.05) is 13.8 Å². The zero-order chi connectivity index (χ0) is 15.4. The molecule has 0 fully saturated rings. The van der Waals surface area contributed by atoms with E-state index in [9.17, 15) is 9.59 Å². The Morgan fingerprint density at radius 3 is 2.45 bits per heavy atom. The summed E-state index contributed by atoms with van der Waals surface area (Å²) in [6, 6.07) is 0. The second kappa shape index (κ2) is 6.71. The number of primary amides is 1. The van der Waals surface area contributed by atoms with Crippen molar-refractivity contribution in [3.8, 4) is 0 Å². The van der Waals surface area contributed by atoms with Gasteiger partial charge in [0, 0.05) is 26.6 Å². The Morgan fingerprint density at radius 2 is 2.00 bits per heavy atom. The number of nitrogens with two attached hydrogens (primary N) is 2. The van der Waals surface area contributed by atoms with Gasteiger partial charge in [0.15, 0.2) is 5.78 Å². The Hall–Kier alpha value is -1.60. The molecule has 7 heteroatoms. The summed E-state index contributed by atoms with van der Waals surface area (Å²) >= 11 is 1.20. The minimum Gasteiger partial charge on any atom is -0.397 e. The highest BCUT2D eigenvalue weighted by Gasteiger charge is 2.26.